The van der Waals surface area contributed by atoms with E-state index in [-0.39, 0.29) is 12.0 Å². The molecule has 1 aliphatic heterocycles. The first-order valence-corrected chi connectivity index (χ1v) is 6.76. The molecule has 0 fully saturated rings. The molecule has 0 aliphatic carbocycles. The number of hydrogen-bond acceptors (Lipinski definition) is 4. The summed E-state index contributed by atoms with van der Waals surface area (Å²) in [5.74, 6) is 0.100. The highest BCUT2D eigenvalue weighted by molar-refractivity contribution is 6.01. The number of amides is 1. The Morgan fingerprint density at radius 1 is 1.65 bits per heavy atom. The summed E-state index contributed by atoms with van der Waals surface area (Å²) < 4.78 is 0. The molecule has 0 bridgehead atoms. The molecule has 5 nitrogen and oxygen atoms in total. The molecule has 5 heteroatoms. The summed E-state index contributed by atoms with van der Waals surface area (Å²) in [6, 6.07) is 3.83. The molecule has 1 unspecified atom stereocenters. The smallest absolute Gasteiger partial charge is 0.222 e. The van der Waals surface area contributed by atoms with Crippen LogP contribution in [-0.2, 0) is 9.63 Å². The molecule has 20 heavy (non-hydrogen) atoms. The zero-order valence-corrected chi connectivity index (χ0v) is 11.7. The van der Waals surface area contributed by atoms with Gasteiger partial charge >= 0.3 is 0 Å². The van der Waals surface area contributed by atoms with E-state index in [0.29, 0.717) is 25.9 Å². The first kappa shape index (κ1) is 14.2. The average molecular weight is 273 g/mol. The number of nitrogens with zero attached hydrogens (tertiary/aromatic N) is 3. The van der Waals surface area contributed by atoms with Crippen LogP contribution >= 0.6 is 0 Å². The van der Waals surface area contributed by atoms with Gasteiger partial charge in [0, 0.05) is 37.3 Å². The molecule has 1 aromatic rings. The molecule has 0 aromatic carbocycles. The Hall–Kier alpha value is -2.17. The lowest BCUT2D eigenvalue weighted by Gasteiger charge is -2.22. The van der Waals surface area contributed by atoms with Gasteiger partial charge in [-0.3, -0.25) is 9.78 Å². The first-order chi connectivity index (χ1) is 9.74. The van der Waals surface area contributed by atoms with Gasteiger partial charge in [-0.25, -0.2) is 0 Å². The van der Waals surface area contributed by atoms with E-state index in [9.17, 15) is 4.79 Å². The van der Waals surface area contributed by atoms with Crippen molar-refractivity contribution in [1.82, 2.24) is 9.88 Å². The second-order valence-electron chi connectivity index (χ2n) is 4.65. The minimum Gasteiger partial charge on any atom is -0.390 e. The minimum absolute atomic E-state index is 0.0966. The quantitative estimate of drug-likeness (QED) is 0.745. The van der Waals surface area contributed by atoms with E-state index in [4.69, 9.17) is 4.84 Å². The number of aromatic nitrogens is 1. The summed E-state index contributed by atoms with van der Waals surface area (Å²) >= 11 is 0. The van der Waals surface area contributed by atoms with Gasteiger partial charge in [0.25, 0.3) is 0 Å². The Morgan fingerprint density at radius 3 is 3.15 bits per heavy atom. The fourth-order valence-corrected chi connectivity index (χ4v) is 2.13. The number of rotatable bonds is 6. The maximum atomic E-state index is 11.8. The summed E-state index contributed by atoms with van der Waals surface area (Å²) in [5, 5.41) is 4.10. The number of oxime groups is 1. The predicted octanol–water partition coefficient (Wildman–Crippen LogP) is 2.00. The van der Waals surface area contributed by atoms with E-state index in [1.807, 2.05) is 19.1 Å². The van der Waals surface area contributed by atoms with E-state index in [0.717, 1.165) is 11.3 Å². The molecule has 1 aromatic heterocycles. The van der Waals surface area contributed by atoms with Gasteiger partial charge in [-0.1, -0.05) is 18.2 Å². The van der Waals surface area contributed by atoms with Crippen LogP contribution in [-0.4, -0.2) is 40.7 Å². The van der Waals surface area contributed by atoms with E-state index in [1.165, 1.54) is 0 Å². The van der Waals surface area contributed by atoms with Gasteiger partial charge in [0.1, 0.15) is 0 Å². The molecule has 106 valence electrons. The fourth-order valence-electron chi connectivity index (χ4n) is 2.13. The summed E-state index contributed by atoms with van der Waals surface area (Å²) in [7, 11) is 0. The lowest BCUT2D eigenvalue weighted by atomic mass is 10.1. The summed E-state index contributed by atoms with van der Waals surface area (Å²) in [4.78, 5) is 23.1. The van der Waals surface area contributed by atoms with Crippen LogP contribution in [0, 0.1) is 0 Å². The van der Waals surface area contributed by atoms with E-state index >= 15 is 0 Å². The van der Waals surface area contributed by atoms with Crippen LogP contribution in [0.2, 0.25) is 0 Å². The van der Waals surface area contributed by atoms with Crippen LogP contribution in [0.1, 0.15) is 25.3 Å². The lowest BCUT2D eigenvalue weighted by Crippen LogP contribution is -2.37. The molecular formula is C15H19N3O2. The topological polar surface area (TPSA) is 54.8 Å². The van der Waals surface area contributed by atoms with Crippen molar-refractivity contribution in [3.05, 3.63) is 42.7 Å². The monoisotopic (exact) mass is 273 g/mol. The highest BCUT2D eigenvalue weighted by Crippen LogP contribution is 2.17. The van der Waals surface area contributed by atoms with Crippen molar-refractivity contribution in [3.63, 3.8) is 0 Å². The van der Waals surface area contributed by atoms with Gasteiger partial charge in [0.15, 0.2) is 6.10 Å². The number of hydrogen-bond donors (Lipinski definition) is 0. The van der Waals surface area contributed by atoms with Crippen molar-refractivity contribution in [3.8, 4) is 0 Å². The van der Waals surface area contributed by atoms with Crippen molar-refractivity contribution in [2.75, 3.05) is 13.1 Å². The minimum atomic E-state index is -0.0966. The molecule has 2 heterocycles. The summed E-state index contributed by atoms with van der Waals surface area (Å²) in [6.07, 6.45) is 6.30. The summed E-state index contributed by atoms with van der Waals surface area (Å²) in [6.45, 7) is 6.61. The van der Waals surface area contributed by atoms with Gasteiger partial charge in [-0.2, -0.15) is 0 Å². The number of pyridine rings is 1. The molecule has 1 amide bonds. The first-order valence-electron chi connectivity index (χ1n) is 6.76. The van der Waals surface area contributed by atoms with E-state index < -0.39 is 0 Å². The van der Waals surface area contributed by atoms with Crippen LogP contribution in [0.5, 0.6) is 0 Å². The molecule has 1 atom stereocenters. The van der Waals surface area contributed by atoms with Gasteiger partial charge in [0.05, 0.1) is 12.3 Å². The summed E-state index contributed by atoms with van der Waals surface area (Å²) in [5.41, 5.74) is 1.85. The van der Waals surface area contributed by atoms with Crippen LogP contribution in [0.15, 0.2) is 42.3 Å². The Balaban J connectivity index is 1.94. The molecule has 0 saturated carbocycles. The van der Waals surface area contributed by atoms with Crippen LogP contribution in [0.3, 0.4) is 0 Å². The predicted molar refractivity (Wildman–Crippen MR) is 77.3 cm³/mol. The van der Waals surface area contributed by atoms with E-state index in [1.54, 1.807) is 23.4 Å². The molecule has 0 saturated heterocycles. The third-order valence-electron chi connectivity index (χ3n) is 3.16. The average Bonchev–Trinajstić information content (AvgIpc) is 2.95. The van der Waals surface area contributed by atoms with E-state index in [2.05, 4.69) is 16.7 Å². The highest BCUT2D eigenvalue weighted by Gasteiger charge is 2.25. The van der Waals surface area contributed by atoms with Crippen molar-refractivity contribution in [2.24, 2.45) is 5.16 Å². The van der Waals surface area contributed by atoms with Crippen LogP contribution < -0.4 is 0 Å². The van der Waals surface area contributed by atoms with Crippen LogP contribution in [0.4, 0.5) is 0 Å². The Kier molecular flexibility index (Phi) is 4.87. The largest absolute Gasteiger partial charge is 0.390 e. The molecule has 1 aliphatic rings. The molecule has 2 rings (SSSR count). The van der Waals surface area contributed by atoms with Crippen LogP contribution in [0.25, 0.3) is 0 Å². The normalized spacial score (nSPS) is 17.2. The van der Waals surface area contributed by atoms with Gasteiger partial charge in [-0.15, -0.1) is 6.58 Å². The number of carbonyl (C=O) groups excluding carboxylic acids is 1. The fraction of sp³-hybridized carbons (Fsp3) is 0.400. The van der Waals surface area contributed by atoms with Gasteiger partial charge < -0.3 is 9.74 Å². The van der Waals surface area contributed by atoms with Gasteiger partial charge in [-0.05, 0) is 12.1 Å². The molecule has 0 N–H and O–H groups in total. The van der Waals surface area contributed by atoms with Crippen molar-refractivity contribution >= 4 is 11.6 Å². The van der Waals surface area contributed by atoms with Gasteiger partial charge in [0.2, 0.25) is 5.91 Å². The number of carbonyl (C=O) groups is 1. The molecule has 0 spiro atoms. The Labute approximate surface area is 118 Å². The lowest BCUT2D eigenvalue weighted by molar-refractivity contribution is -0.132. The molecular weight excluding hydrogens is 254 g/mol. The van der Waals surface area contributed by atoms with Crippen molar-refractivity contribution in [1.29, 1.82) is 0 Å². The van der Waals surface area contributed by atoms with Crippen molar-refractivity contribution in [2.45, 2.75) is 25.9 Å². The Morgan fingerprint density at radius 2 is 2.50 bits per heavy atom. The third kappa shape index (κ3) is 3.44. The van der Waals surface area contributed by atoms with Crippen molar-refractivity contribution < 1.29 is 9.63 Å². The Bertz CT molecular complexity index is 499. The second-order valence-corrected chi connectivity index (χ2v) is 4.65. The SMILES string of the molecule is C=CCN(CC1CC(c2cccnc2)=NO1)C(=O)CC. The zero-order chi connectivity index (χ0) is 14.4. The zero-order valence-electron chi connectivity index (χ0n) is 11.7. The third-order valence-corrected chi connectivity index (χ3v) is 3.16. The maximum Gasteiger partial charge on any atom is 0.222 e. The highest BCUT2D eigenvalue weighted by atomic mass is 16.6. The molecule has 0 radical (unpaired) electrons. The second kappa shape index (κ2) is 6.84. The standard InChI is InChI=1S/C15H19N3O2/c1-3-8-18(15(19)4-2)11-13-9-14(17-20-13)12-6-5-7-16-10-12/h3,5-7,10,13H,1,4,8-9,11H2,2H3. The maximum absolute atomic E-state index is 11.8.